The normalized spacial score (nSPS) is 10.6. The van der Waals surface area contributed by atoms with Crippen molar-refractivity contribution in [3.05, 3.63) is 77.4 Å². The molecule has 120 valence electrons. The van der Waals surface area contributed by atoms with Crippen LogP contribution >= 0.6 is 0 Å². The second-order valence-corrected chi connectivity index (χ2v) is 5.55. The van der Waals surface area contributed by atoms with Crippen LogP contribution < -0.4 is 9.47 Å². The summed E-state index contributed by atoms with van der Waals surface area (Å²) in [6, 6.07) is 16.2. The molecule has 0 amide bonds. The summed E-state index contributed by atoms with van der Waals surface area (Å²) in [7, 11) is 1.69. The molecule has 0 saturated heterocycles. The van der Waals surface area contributed by atoms with Gasteiger partial charge in [-0.1, -0.05) is 54.1 Å². The van der Waals surface area contributed by atoms with Gasteiger partial charge >= 0.3 is 0 Å². The predicted octanol–water partition coefficient (Wildman–Crippen LogP) is 5.30. The van der Waals surface area contributed by atoms with Crippen LogP contribution in [0.3, 0.4) is 0 Å². The second kappa shape index (κ2) is 8.84. The summed E-state index contributed by atoms with van der Waals surface area (Å²) >= 11 is 0. The van der Waals surface area contributed by atoms with Crippen LogP contribution in [0.4, 0.5) is 0 Å². The van der Waals surface area contributed by atoms with Gasteiger partial charge in [-0.25, -0.2) is 0 Å². The number of allylic oxidation sites excluding steroid dienone is 2. The molecule has 0 N–H and O–H groups in total. The average molecular weight is 308 g/mol. The first-order chi connectivity index (χ1) is 11.2. The maximum Gasteiger partial charge on any atom is 0.126 e. The minimum Gasteiger partial charge on any atom is -0.496 e. The average Bonchev–Trinajstić information content (AvgIpc) is 2.56. The fourth-order valence-electron chi connectivity index (χ4n) is 2.25. The Bertz CT molecular complexity index is 665. The molecule has 0 bridgehead atoms. The van der Waals surface area contributed by atoms with Crippen LogP contribution in [0.1, 0.15) is 25.0 Å². The Morgan fingerprint density at radius 2 is 1.70 bits per heavy atom. The molecule has 2 nitrogen and oxygen atoms in total. The van der Waals surface area contributed by atoms with E-state index in [1.54, 1.807) is 7.11 Å². The smallest absolute Gasteiger partial charge is 0.126 e. The molecule has 2 heteroatoms. The highest BCUT2D eigenvalue weighted by Gasteiger charge is 2.08. The van der Waals surface area contributed by atoms with Crippen molar-refractivity contribution in [2.24, 2.45) is 0 Å². The molecule has 0 aliphatic rings. The van der Waals surface area contributed by atoms with Crippen molar-refractivity contribution in [2.75, 3.05) is 13.7 Å². The molecule has 0 radical (unpaired) electrons. The topological polar surface area (TPSA) is 18.5 Å². The van der Waals surface area contributed by atoms with Crippen molar-refractivity contribution in [1.82, 2.24) is 0 Å². The van der Waals surface area contributed by atoms with E-state index < -0.39 is 0 Å². The predicted molar refractivity (Wildman–Crippen MR) is 97.1 cm³/mol. The van der Waals surface area contributed by atoms with Gasteiger partial charge in [-0.15, -0.1) is 0 Å². The van der Waals surface area contributed by atoms with Gasteiger partial charge in [0.25, 0.3) is 0 Å². The highest BCUT2D eigenvalue weighted by Crippen LogP contribution is 2.29. The van der Waals surface area contributed by atoms with Gasteiger partial charge in [0.1, 0.15) is 18.1 Å². The monoisotopic (exact) mass is 308 g/mol. The Kier molecular flexibility index (Phi) is 6.49. The van der Waals surface area contributed by atoms with Crippen molar-refractivity contribution < 1.29 is 9.47 Å². The molecule has 0 aliphatic carbocycles. The molecule has 0 aromatic heterocycles. The van der Waals surface area contributed by atoms with Crippen molar-refractivity contribution in [2.45, 2.75) is 20.3 Å². The van der Waals surface area contributed by atoms with Gasteiger partial charge in [0, 0.05) is 5.56 Å². The van der Waals surface area contributed by atoms with Crippen LogP contribution in [0.15, 0.2) is 66.3 Å². The van der Waals surface area contributed by atoms with Gasteiger partial charge in [0.15, 0.2) is 0 Å². The van der Waals surface area contributed by atoms with E-state index in [-0.39, 0.29) is 0 Å². The third-order valence-electron chi connectivity index (χ3n) is 3.47. The van der Waals surface area contributed by atoms with E-state index in [0.717, 1.165) is 23.5 Å². The standard InChI is InChI=1S/C21H24O2/c1-17(2)15-16-23-21-14-8-13-20(22-3)19(21)12-7-11-18-9-5-4-6-10-18/h4-11,13-15H,12,16H2,1-3H3/b11-7+. The van der Waals surface area contributed by atoms with E-state index >= 15 is 0 Å². The molecule has 2 aromatic carbocycles. The van der Waals surface area contributed by atoms with Crippen LogP contribution in [0.5, 0.6) is 11.5 Å². The Hall–Kier alpha value is -2.48. The summed E-state index contributed by atoms with van der Waals surface area (Å²) < 4.78 is 11.4. The number of ether oxygens (including phenoxy) is 2. The summed E-state index contributed by atoms with van der Waals surface area (Å²) in [4.78, 5) is 0. The largest absolute Gasteiger partial charge is 0.496 e. The lowest BCUT2D eigenvalue weighted by atomic mass is 10.1. The van der Waals surface area contributed by atoms with Crippen LogP contribution in [-0.2, 0) is 6.42 Å². The number of hydrogen-bond acceptors (Lipinski definition) is 2. The molecule has 0 atom stereocenters. The summed E-state index contributed by atoms with van der Waals surface area (Å²) in [6.45, 7) is 4.71. The Balaban J connectivity index is 2.14. The minimum absolute atomic E-state index is 0.574. The van der Waals surface area contributed by atoms with Gasteiger partial charge in [-0.3, -0.25) is 0 Å². The lowest BCUT2D eigenvalue weighted by Gasteiger charge is -2.13. The van der Waals surface area contributed by atoms with E-state index in [1.165, 1.54) is 11.1 Å². The van der Waals surface area contributed by atoms with Crippen molar-refractivity contribution in [1.29, 1.82) is 0 Å². The highest BCUT2D eigenvalue weighted by molar-refractivity contribution is 5.52. The van der Waals surface area contributed by atoms with Gasteiger partial charge in [0.05, 0.1) is 7.11 Å². The first kappa shape index (κ1) is 16.9. The fraction of sp³-hybridized carbons (Fsp3) is 0.238. The van der Waals surface area contributed by atoms with Crippen LogP contribution in [0, 0.1) is 0 Å². The molecule has 0 spiro atoms. The van der Waals surface area contributed by atoms with Crippen LogP contribution in [0.25, 0.3) is 6.08 Å². The molecular weight excluding hydrogens is 284 g/mol. The summed E-state index contributed by atoms with van der Waals surface area (Å²) in [6.07, 6.45) is 7.10. The Labute approximate surface area is 139 Å². The molecule has 0 fully saturated rings. The van der Waals surface area contributed by atoms with E-state index in [2.05, 4.69) is 44.2 Å². The molecule has 0 aliphatic heterocycles. The molecule has 2 rings (SSSR count). The van der Waals surface area contributed by atoms with E-state index in [4.69, 9.17) is 9.47 Å². The van der Waals surface area contributed by atoms with Gasteiger partial charge in [0.2, 0.25) is 0 Å². The van der Waals surface area contributed by atoms with Gasteiger partial charge in [-0.05, 0) is 44.0 Å². The molecule has 0 heterocycles. The molecule has 2 aromatic rings. The number of methoxy groups -OCH3 is 1. The lowest BCUT2D eigenvalue weighted by Crippen LogP contribution is -2.00. The SMILES string of the molecule is COc1cccc(OCC=C(C)C)c1C/C=C/c1ccccc1. The molecule has 23 heavy (non-hydrogen) atoms. The zero-order valence-electron chi connectivity index (χ0n) is 14.1. The zero-order chi connectivity index (χ0) is 16.5. The van der Waals surface area contributed by atoms with Crippen molar-refractivity contribution in [3.63, 3.8) is 0 Å². The number of rotatable bonds is 7. The Morgan fingerprint density at radius 1 is 0.957 bits per heavy atom. The third kappa shape index (κ3) is 5.33. The maximum absolute atomic E-state index is 5.90. The van der Waals surface area contributed by atoms with Gasteiger partial charge in [-0.2, -0.15) is 0 Å². The van der Waals surface area contributed by atoms with Gasteiger partial charge < -0.3 is 9.47 Å². The van der Waals surface area contributed by atoms with Crippen molar-refractivity contribution >= 4 is 6.08 Å². The minimum atomic E-state index is 0.574. The van der Waals surface area contributed by atoms with Crippen LogP contribution in [-0.4, -0.2) is 13.7 Å². The quantitative estimate of drug-likeness (QED) is 0.646. The van der Waals surface area contributed by atoms with Crippen molar-refractivity contribution in [3.8, 4) is 11.5 Å². The first-order valence-electron chi connectivity index (χ1n) is 7.84. The maximum atomic E-state index is 5.90. The van der Waals surface area contributed by atoms with E-state index in [9.17, 15) is 0 Å². The van der Waals surface area contributed by atoms with E-state index in [1.807, 2.05) is 36.4 Å². The third-order valence-corrected chi connectivity index (χ3v) is 3.47. The number of benzene rings is 2. The highest BCUT2D eigenvalue weighted by atomic mass is 16.5. The molecular formula is C21H24O2. The Morgan fingerprint density at radius 3 is 2.39 bits per heavy atom. The summed E-state index contributed by atoms with van der Waals surface area (Å²) in [5, 5.41) is 0. The second-order valence-electron chi connectivity index (χ2n) is 5.55. The summed E-state index contributed by atoms with van der Waals surface area (Å²) in [5.41, 5.74) is 3.51. The lowest BCUT2D eigenvalue weighted by molar-refractivity contribution is 0.351. The molecule has 0 unspecified atom stereocenters. The van der Waals surface area contributed by atoms with E-state index in [0.29, 0.717) is 6.61 Å². The van der Waals surface area contributed by atoms with Crippen LogP contribution in [0.2, 0.25) is 0 Å². The fourth-order valence-corrected chi connectivity index (χ4v) is 2.25. The first-order valence-corrected chi connectivity index (χ1v) is 7.84. The molecule has 0 saturated carbocycles. The zero-order valence-corrected chi connectivity index (χ0v) is 14.1. The summed E-state index contributed by atoms with van der Waals surface area (Å²) in [5.74, 6) is 1.73. The number of hydrogen-bond donors (Lipinski definition) is 0.